The standard InChI is InChI=1S/C19H27NO6/c1-14(16-7-9-17(21)10-8-16)20-26-11-5-4-6-15-12-24-19(2,25-13-15)18(22)23-3/h7-10,15,21H,4-6,11-13H2,1-3H3/b20-14-. The second-order valence-corrected chi connectivity index (χ2v) is 6.48. The molecule has 7 nitrogen and oxygen atoms in total. The van der Waals surface area contributed by atoms with Crippen molar-refractivity contribution in [1.29, 1.82) is 0 Å². The van der Waals surface area contributed by atoms with Gasteiger partial charge in [-0.1, -0.05) is 5.16 Å². The smallest absolute Gasteiger partial charge is 0.366 e. The predicted molar refractivity (Wildman–Crippen MR) is 95.9 cm³/mol. The number of phenols is 1. The molecule has 1 heterocycles. The van der Waals surface area contributed by atoms with Crippen molar-refractivity contribution in [3.05, 3.63) is 29.8 Å². The van der Waals surface area contributed by atoms with E-state index in [0.717, 1.165) is 30.5 Å². The first kappa shape index (κ1) is 20.2. The molecule has 0 aromatic heterocycles. The van der Waals surface area contributed by atoms with Crippen LogP contribution in [0, 0.1) is 5.92 Å². The molecule has 1 aromatic rings. The van der Waals surface area contributed by atoms with Gasteiger partial charge in [-0.15, -0.1) is 0 Å². The Morgan fingerprint density at radius 3 is 2.54 bits per heavy atom. The summed E-state index contributed by atoms with van der Waals surface area (Å²) in [6.07, 6.45) is 2.76. The van der Waals surface area contributed by atoms with Gasteiger partial charge in [0.15, 0.2) is 0 Å². The van der Waals surface area contributed by atoms with Crippen molar-refractivity contribution in [1.82, 2.24) is 0 Å². The van der Waals surface area contributed by atoms with E-state index in [1.54, 1.807) is 31.2 Å². The number of oxime groups is 1. The summed E-state index contributed by atoms with van der Waals surface area (Å²) in [5.41, 5.74) is 1.68. The molecule has 1 N–H and O–H groups in total. The number of ether oxygens (including phenoxy) is 3. The van der Waals surface area contributed by atoms with Gasteiger partial charge in [0.1, 0.15) is 12.4 Å². The van der Waals surface area contributed by atoms with E-state index in [1.807, 2.05) is 6.92 Å². The number of carbonyl (C=O) groups excluding carboxylic acids is 1. The number of nitrogens with zero attached hydrogens (tertiary/aromatic N) is 1. The fourth-order valence-electron chi connectivity index (χ4n) is 2.61. The third kappa shape index (κ3) is 5.71. The highest BCUT2D eigenvalue weighted by atomic mass is 16.7. The summed E-state index contributed by atoms with van der Waals surface area (Å²) >= 11 is 0. The van der Waals surface area contributed by atoms with Crippen molar-refractivity contribution in [3.63, 3.8) is 0 Å². The van der Waals surface area contributed by atoms with Crippen LogP contribution in [0.25, 0.3) is 0 Å². The van der Waals surface area contributed by atoms with Crippen molar-refractivity contribution in [2.45, 2.75) is 38.9 Å². The van der Waals surface area contributed by atoms with Gasteiger partial charge in [-0.2, -0.15) is 0 Å². The second kappa shape index (κ2) is 9.54. The Hall–Kier alpha value is -2.12. The molecule has 1 saturated heterocycles. The third-order valence-corrected chi connectivity index (χ3v) is 4.33. The first-order valence-electron chi connectivity index (χ1n) is 8.77. The number of hydrogen-bond acceptors (Lipinski definition) is 7. The number of phenolic OH excluding ortho intramolecular Hbond substituents is 1. The lowest BCUT2D eigenvalue weighted by molar-refractivity contribution is -0.272. The van der Waals surface area contributed by atoms with Crippen LogP contribution in [-0.2, 0) is 23.8 Å². The monoisotopic (exact) mass is 365 g/mol. The van der Waals surface area contributed by atoms with E-state index in [-0.39, 0.29) is 11.7 Å². The van der Waals surface area contributed by atoms with E-state index in [0.29, 0.717) is 19.8 Å². The normalized spacial score (nSPS) is 23.5. The Morgan fingerprint density at radius 1 is 1.27 bits per heavy atom. The molecule has 0 spiro atoms. The molecule has 1 fully saturated rings. The number of methoxy groups -OCH3 is 1. The van der Waals surface area contributed by atoms with Crippen molar-refractivity contribution >= 4 is 11.7 Å². The van der Waals surface area contributed by atoms with E-state index in [9.17, 15) is 9.90 Å². The van der Waals surface area contributed by atoms with Crippen LogP contribution in [0.3, 0.4) is 0 Å². The SMILES string of the molecule is COC(=O)C1(C)OCC(CCCCO/N=C(/C)c2ccc(O)cc2)CO1. The largest absolute Gasteiger partial charge is 0.508 e. The molecule has 1 aliphatic heterocycles. The van der Waals surface area contributed by atoms with Crippen molar-refractivity contribution in [2.24, 2.45) is 11.1 Å². The minimum absolute atomic E-state index is 0.227. The summed E-state index contributed by atoms with van der Waals surface area (Å²) in [6.45, 7) is 4.93. The van der Waals surface area contributed by atoms with Crippen molar-refractivity contribution in [3.8, 4) is 5.75 Å². The summed E-state index contributed by atoms with van der Waals surface area (Å²) in [5, 5.41) is 13.4. The van der Waals surface area contributed by atoms with E-state index >= 15 is 0 Å². The molecule has 0 atom stereocenters. The number of aromatic hydroxyl groups is 1. The van der Waals surface area contributed by atoms with Crippen LogP contribution in [0.4, 0.5) is 0 Å². The zero-order valence-electron chi connectivity index (χ0n) is 15.6. The molecule has 0 unspecified atom stereocenters. The molecule has 0 radical (unpaired) electrons. The number of rotatable bonds is 8. The molecule has 0 aliphatic carbocycles. The average Bonchev–Trinajstić information content (AvgIpc) is 2.65. The van der Waals surface area contributed by atoms with E-state index in [1.165, 1.54) is 7.11 Å². The van der Waals surface area contributed by atoms with Crippen LogP contribution >= 0.6 is 0 Å². The Labute approximate surface area is 153 Å². The molecule has 0 bridgehead atoms. The molecule has 1 aromatic carbocycles. The van der Waals surface area contributed by atoms with Gasteiger partial charge in [0.25, 0.3) is 5.79 Å². The highest BCUT2D eigenvalue weighted by molar-refractivity contribution is 5.98. The lowest BCUT2D eigenvalue weighted by Gasteiger charge is -2.35. The van der Waals surface area contributed by atoms with E-state index in [2.05, 4.69) is 9.89 Å². The third-order valence-electron chi connectivity index (χ3n) is 4.33. The summed E-state index contributed by atoms with van der Waals surface area (Å²) in [4.78, 5) is 16.9. The van der Waals surface area contributed by atoms with Crippen LogP contribution < -0.4 is 0 Å². The minimum Gasteiger partial charge on any atom is -0.508 e. The van der Waals surface area contributed by atoms with Gasteiger partial charge in [-0.3, -0.25) is 0 Å². The van der Waals surface area contributed by atoms with Gasteiger partial charge in [-0.25, -0.2) is 4.79 Å². The van der Waals surface area contributed by atoms with Gasteiger partial charge in [0, 0.05) is 12.8 Å². The zero-order chi connectivity index (χ0) is 19.0. The van der Waals surface area contributed by atoms with Crippen LogP contribution in [0.5, 0.6) is 5.75 Å². The number of unbranched alkanes of at least 4 members (excludes halogenated alkanes) is 1. The molecular weight excluding hydrogens is 338 g/mol. The minimum atomic E-state index is -1.28. The topological polar surface area (TPSA) is 86.6 Å². The zero-order valence-corrected chi connectivity index (χ0v) is 15.6. The van der Waals surface area contributed by atoms with Crippen molar-refractivity contribution in [2.75, 3.05) is 26.9 Å². The highest BCUT2D eigenvalue weighted by Crippen LogP contribution is 2.25. The van der Waals surface area contributed by atoms with E-state index < -0.39 is 11.8 Å². The lowest BCUT2D eigenvalue weighted by Crippen LogP contribution is -2.48. The van der Waals surface area contributed by atoms with Gasteiger partial charge in [-0.05, 0) is 56.0 Å². The Kier molecular flexibility index (Phi) is 7.41. The number of hydrogen-bond donors (Lipinski definition) is 1. The van der Waals surface area contributed by atoms with Gasteiger partial charge < -0.3 is 24.2 Å². The number of carbonyl (C=O) groups is 1. The van der Waals surface area contributed by atoms with E-state index in [4.69, 9.17) is 14.3 Å². The predicted octanol–water partition coefficient (Wildman–Crippen LogP) is 2.86. The van der Waals surface area contributed by atoms with Crippen LogP contribution in [0.15, 0.2) is 29.4 Å². The molecule has 2 rings (SSSR count). The van der Waals surface area contributed by atoms with Gasteiger partial charge in [0.2, 0.25) is 0 Å². The Balaban J connectivity index is 1.60. The molecule has 0 saturated carbocycles. The summed E-state index contributed by atoms with van der Waals surface area (Å²) in [6, 6.07) is 6.83. The van der Waals surface area contributed by atoms with Crippen LogP contribution in [0.1, 0.15) is 38.7 Å². The molecule has 0 amide bonds. The fourth-order valence-corrected chi connectivity index (χ4v) is 2.61. The lowest BCUT2D eigenvalue weighted by atomic mass is 10.0. The quantitative estimate of drug-likeness (QED) is 0.330. The fraction of sp³-hybridized carbons (Fsp3) is 0.579. The Bertz CT molecular complexity index is 605. The first-order valence-corrected chi connectivity index (χ1v) is 8.77. The summed E-state index contributed by atoms with van der Waals surface area (Å²) < 4.78 is 15.7. The molecule has 26 heavy (non-hydrogen) atoms. The van der Waals surface area contributed by atoms with Crippen molar-refractivity contribution < 1.29 is 28.9 Å². The summed E-state index contributed by atoms with van der Waals surface area (Å²) in [5.74, 6) is -1.30. The van der Waals surface area contributed by atoms with Gasteiger partial charge >= 0.3 is 5.97 Å². The number of esters is 1. The van der Waals surface area contributed by atoms with Gasteiger partial charge in [0.05, 0.1) is 26.0 Å². The molecule has 7 heteroatoms. The first-order chi connectivity index (χ1) is 12.4. The summed E-state index contributed by atoms with van der Waals surface area (Å²) in [7, 11) is 1.32. The van der Waals surface area contributed by atoms with Crippen LogP contribution in [-0.4, -0.2) is 49.5 Å². The maximum Gasteiger partial charge on any atom is 0.366 e. The molecule has 1 aliphatic rings. The second-order valence-electron chi connectivity index (χ2n) is 6.48. The molecule has 144 valence electrons. The molecular formula is C19H27NO6. The number of benzene rings is 1. The Morgan fingerprint density at radius 2 is 1.92 bits per heavy atom. The maximum atomic E-state index is 11.6. The average molecular weight is 365 g/mol. The van der Waals surface area contributed by atoms with Crippen LogP contribution in [0.2, 0.25) is 0 Å². The highest BCUT2D eigenvalue weighted by Gasteiger charge is 2.41. The maximum absolute atomic E-state index is 11.6.